The Labute approximate surface area is 99.0 Å². The maximum absolute atomic E-state index is 5.51. The van der Waals surface area contributed by atoms with Gasteiger partial charge < -0.3 is 4.84 Å². The van der Waals surface area contributed by atoms with Crippen molar-refractivity contribution >= 4 is 0 Å². The summed E-state index contributed by atoms with van der Waals surface area (Å²) in [7, 11) is 0. The molecule has 2 nitrogen and oxygen atoms in total. The van der Waals surface area contributed by atoms with Crippen molar-refractivity contribution in [3.8, 4) is 0 Å². The molecule has 0 aromatic heterocycles. The van der Waals surface area contributed by atoms with Gasteiger partial charge in [-0.05, 0) is 17.9 Å². The predicted octanol–water partition coefficient (Wildman–Crippen LogP) is 3.71. The lowest BCUT2D eigenvalue weighted by Gasteiger charge is -2.19. The Morgan fingerprint density at radius 1 is 1.19 bits per heavy atom. The predicted molar refractivity (Wildman–Crippen MR) is 68.0 cm³/mol. The Bertz CT molecular complexity index is 271. The average molecular weight is 221 g/mol. The van der Waals surface area contributed by atoms with Gasteiger partial charge in [-0.25, -0.2) is 0 Å². The van der Waals surface area contributed by atoms with Crippen molar-refractivity contribution in [1.82, 2.24) is 5.48 Å². The summed E-state index contributed by atoms with van der Waals surface area (Å²) in [4.78, 5) is 5.51. The van der Waals surface area contributed by atoms with Crippen LogP contribution in [0, 0.1) is 5.92 Å². The molecule has 0 fully saturated rings. The van der Waals surface area contributed by atoms with Gasteiger partial charge in [0.1, 0.15) is 0 Å². The van der Waals surface area contributed by atoms with Crippen LogP contribution >= 0.6 is 0 Å². The van der Waals surface area contributed by atoms with Crippen LogP contribution in [0.5, 0.6) is 0 Å². The summed E-state index contributed by atoms with van der Waals surface area (Å²) in [6.07, 6.45) is 2.25. The van der Waals surface area contributed by atoms with E-state index in [1.54, 1.807) is 0 Å². The van der Waals surface area contributed by atoms with Gasteiger partial charge in [0.2, 0.25) is 0 Å². The fourth-order valence-corrected chi connectivity index (χ4v) is 1.58. The van der Waals surface area contributed by atoms with Crippen molar-refractivity contribution in [2.24, 2.45) is 5.92 Å². The lowest BCUT2D eigenvalue weighted by Crippen LogP contribution is -2.23. The van der Waals surface area contributed by atoms with Crippen LogP contribution in [0.3, 0.4) is 0 Å². The highest BCUT2D eigenvalue weighted by Crippen LogP contribution is 2.17. The first-order chi connectivity index (χ1) is 7.74. The molecule has 0 bridgehead atoms. The molecule has 1 atom stereocenters. The van der Waals surface area contributed by atoms with Crippen LogP contribution in [0.2, 0.25) is 0 Å². The van der Waals surface area contributed by atoms with E-state index in [9.17, 15) is 0 Å². The highest BCUT2D eigenvalue weighted by Gasteiger charge is 2.09. The van der Waals surface area contributed by atoms with E-state index >= 15 is 0 Å². The zero-order chi connectivity index (χ0) is 11.8. The molecule has 0 aliphatic heterocycles. The van der Waals surface area contributed by atoms with E-state index in [1.165, 1.54) is 5.56 Å². The largest absolute Gasteiger partial charge is 0.301 e. The number of benzene rings is 1. The van der Waals surface area contributed by atoms with Crippen molar-refractivity contribution in [2.75, 3.05) is 6.61 Å². The van der Waals surface area contributed by atoms with E-state index in [-0.39, 0.29) is 0 Å². The van der Waals surface area contributed by atoms with Gasteiger partial charge in [0.25, 0.3) is 0 Å². The quantitative estimate of drug-likeness (QED) is 0.709. The summed E-state index contributed by atoms with van der Waals surface area (Å²) in [6, 6.07) is 10.8. The number of rotatable bonds is 7. The Morgan fingerprint density at radius 3 is 2.44 bits per heavy atom. The lowest BCUT2D eigenvalue weighted by molar-refractivity contribution is -0.00173. The Balaban J connectivity index is 2.48. The molecule has 0 amide bonds. The summed E-state index contributed by atoms with van der Waals surface area (Å²) in [5.74, 6) is 0.561. The summed E-state index contributed by atoms with van der Waals surface area (Å²) in [5, 5.41) is 0. The van der Waals surface area contributed by atoms with Crippen molar-refractivity contribution in [2.45, 2.75) is 39.7 Å². The number of hydrogen-bond acceptors (Lipinski definition) is 2. The highest BCUT2D eigenvalue weighted by atomic mass is 16.6. The summed E-state index contributed by atoms with van der Waals surface area (Å²) >= 11 is 0. The lowest BCUT2D eigenvalue weighted by atomic mass is 10.0. The number of hydroxylamine groups is 1. The maximum atomic E-state index is 5.51. The van der Waals surface area contributed by atoms with Gasteiger partial charge in [0.05, 0.1) is 12.6 Å². The molecular weight excluding hydrogens is 198 g/mol. The fraction of sp³-hybridized carbons (Fsp3) is 0.571. The second kappa shape index (κ2) is 7.42. The van der Waals surface area contributed by atoms with Crippen LogP contribution < -0.4 is 5.48 Å². The SMILES string of the molecule is CCCC(NOCC(C)C)c1ccccc1. The minimum Gasteiger partial charge on any atom is -0.301 e. The van der Waals surface area contributed by atoms with Crippen LogP contribution in [0.25, 0.3) is 0 Å². The average Bonchev–Trinajstić information content (AvgIpc) is 2.29. The molecule has 1 aromatic carbocycles. The molecular formula is C14H23NO. The third-order valence-electron chi connectivity index (χ3n) is 2.42. The van der Waals surface area contributed by atoms with E-state index in [4.69, 9.17) is 4.84 Å². The fourth-order valence-electron chi connectivity index (χ4n) is 1.58. The number of hydrogen-bond donors (Lipinski definition) is 1. The first kappa shape index (κ1) is 13.2. The molecule has 16 heavy (non-hydrogen) atoms. The third kappa shape index (κ3) is 4.77. The van der Waals surface area contributed by atoms with Gasteiger partial charge in [-0.15, -0.1) is 0 Å². The van der Waals surface area contributed by atoms with Crippen LogP contribution in [-0.2, 0) is 4.84 Å². The topological polar surface area (TPSA) is 21.3 Å². The molecule has 1 N–H and O–H groups in total. The molecule has 1 unspecified atom stereocenters. The van der Waals surface area contributed by atoms with Gasteiger partial charge in [0, 0.05) is 0 Å². The first-order valence-corrected chi connectivity index (χ1v) is 6.16. The van der Waals surface area contributed by atoms with Crippen molar-refractivity contribution in [1.29, 1.82) is 0 Å². The molecule has 1 rings (SSSR count). The van der Waals surface area contributed by atoms with Crippen LogP contribution in [0.4, 0.5) is 0 Å². The Kier molecular flexibility index (Phi) is 6.12. The second-order valence-corrected chi connectivity index (χ2v) is 4.57. The first-order valence-electron chi connectivity index (χ1n) is 6.16. The van der Waals surface area contributed by atoms with Gasteiger partial charge in [-0.2, -0.15) is 5.48 Å². The molecule has 0 radical (unpaired) electrons. The normalized spacial score (nSPS) is 13.0. The molecule has 0 spiro atoms. The zero-order valence-electron chi connectivity index (χ0n) is 10.6. The molecule has 2 heteroatoms. The molecule has 0 saturated heterocycles. The Hall–Kier alpha value is -0.860. The van der Waals surface area contributed by atoms with E-state index < -0.39 is 0 Å². The van der Waals surface area contributed by atoms with E-state index in [0.717, 1.165) is 19.4 Å². The van der Waals surface area contributed by atoms with Gasteiger partial charge in [-0.1, -0.05) is 57.5 Å². The number of nitrogens with one attached hydrogen (secondary N) is 1. The molecule has 0 saturated carbocycles. The van der Waals surface area contributed by atoms with Crippen LogP contribution in [0.1, 0.15) is 45.2 Å². The van der Waals surface area contributed by atoms with Crippen molar-refractivity contribution in [3.63, 3.8) is 0 Å². The van der Waals surface area contributed by atoms with Gasteiger partial charge in [0.15, 0.2) is 0 Å². The highest BCUT2D eigenvalue weighted by molar-refractivity contribution is 5.18. The van der Waals surface area contributed by atoms with Crippen molar-refractivity contribution < 1.29 is 4.84 Å². The third-order valence-corrected chi connectivity index (χ3v) is 2.42. The van der Waals surface area contributed by atoms with E-state index in [0.29, 0.717) is 12.0 Å². The molecule has 1 aromatic rings. The minimum atomic E-state index is 0.310. The van der Waals surface area contributed by atoms with E-state index in [1.807, 2.05) is 6.07 Å². The monoisotopic (exact) mass is 221 g/mol. The summed E-state index contributed by atoms with van der Waals surface area (Å²) < 4.78 is 0. The molecule has 0 aliphatic rings. The van der Waals surface area contributed by atoms with Gasteiger partial charge >= 0.3 is 0 Å². The Morgan fingerprint density at radius 2 is 1.88 bits per heavy atom. The second-order valence-electron chi connectivity index (χ2n) is 4.57. The summed E-state index contributed by atoms with van der Waals surface area (Å²) in [6.45, 7) is 7.26. The summed E-state index contributed by atoms with van der Waals surface area (Å²) in [5.41, 5.74) is 4.47. The molecule has 0 aliphatic carbocycles. The molecule has 0 heterocycles. The van der Waals surface area contributed by atoms with Crippen LogP contribution in [0.15, 0.2) is 30.3 Å². The smallest absolute Gasteiger partial charge is 0.0705 e. The van der Waals surface area contributed by atoms with E-state index in [2.05, 4.69) is 50.5 Å². The van der Waals surface area contributed by atoms with Crippen LogP contribution in [-0.4, -0.2) is 6.61 Å². The standard InChI is InChI=1S/C14H23NO/c1-4-8-14(15-16-11-12(2)3)13-9-6-5-7-10-13/h5-7,9-10,12,14-15H,4,8,11H2,1-3H3. The molecule has 90 valence electrons. The zero-order valence-corrected chi connectivity index (χ0v) is 10.6. The maximum Gasteiger partial charge on any atom is 0.0705 e. The van der Waals surface area contributed by atoms with Gasteiger partial charge in [-0.3, -0.25) is 0 Å². The minimum absolute atomic E-state index is 0.310. The van der Waals surface area contributed by atoms with Crippen molar-refractivity contribution in [3.05, 3.63) is 35.9 Å².